The first-order valence-corrected chi connectivity index (χ1v) is 6.84. The lowest BCUT2D eigenvalue weighted by molar-refractivity contribution is 0.469. The summed E-state index contributed by atoms with van der Waals surface area (Å²) in [5.41, 5.74) is 1.12. The van der Waals surface area contributed by atoms with Crippen molar-refractivity contribution in [1.29, 1.82) is 0 Å². The van der Waals surface area contributed by atoms with Crippen LogP contribution in [0.3, 0.4) is 0 Å². The first kappa shape index (κ1) is 12.1. The van der Waals surface area contributed by atoms with Crippen LogP contribution in [0.25, 0.3) is 0 Å². The number of halogens is 1. The van der Waals surface area contributed by atoms with Gasteiger partial charge >= 0.3 is 0 Å². The fraction of sp³-hybridized carbons (Fsp3) is 0.615. The summed E-state index contributed by atoms with van der Waals surface area (Å²) >= 11 is 3.39. The van der Waals surface area contributed by atoms with E-state index in [0.29, 0.717) is 0 Å². The first-order valence-electron chi connectivity index (χ1n) is 6.05. The smallest absolute Gasteiger partial charge is 0.0542 e. The molecule has 1 saturated carbocycles. The van der Waals surface area contributed by atoms with Crippen LogP contribution < -0.4 is 5.32 Å². The van der Waals surface area contributed by atoms with Crippen LogP contribution in [0.2, 0.25) is 0 Å². The van der Waals surface area contributed by atoms with Gasteiger partial charge in [-0.3, -0.25) is 4.98 Å². The van der Waals surface area contributed by atoms with Gasteiger partial charge in [-0.1, -0.05) is 13.3 Å². The van der Waals surface area contributed by atoms with Crippen LogP contribution in [0.5, 0.6) is 0 Å². The van der Waals surface area contributed by atoms with Crippen LogP contribution in [-0.4, -0.2) is 11.5 Å². The molecule has 0 aromatic carbocycles. The Morgan fingerprint density at radius 1 is 1.44 bits per heavy atom. The molecule has 1 aromatic rings. The molecule has 2 atom stereocenters. The zero-order valence-corrected chi connectivity index (χ0v) is 11.3. The van der Waals surface area contributed by atoms with E-state index in [0.717, 1.165) is 35.1 Å². The zero-order valence-electron chi connectivity index (χ0n) is 9.75. The molecular weight excluding hydrogens is 264 g/mol. The molecule has 0 amide bonds. The number of rotatable bonds is 4. The van der Waals surface area contributed by atoms with Crippen molar-refractivity contribution in [3.05, 3.63) is 28.5 Å². The van der Waals surface area contributed by atoms with E-state index in [2.05, 4.69) is 39.2 Å². The summed E-state index contributed by atoms with van der Waals surface area (Å²) < 4.78 is 1.04. The molecule has 0 saturated heterocycles. The van der Waals surface area contributed by atoms with E-state index in [4.69, 9.17) is 0 Å². The summed E-state index contributed by atoms with van der Waals surface area (Å²) in [6.07, 6.45) is 6.04. The van der Waals surface area contributed by atoms with Gasteiger partial charge in [0.1, 0.15) is 0 Å². The van der Waals surface area contributed by atoms with Crippen molar-refractivity contribution in [1.82, 2.24) is 10.3 Å². The van der Waals surface area contributed by atoms with E-state index in [1.165, 1.54) is 19.3 Å². The van der Waals surface area contributed by atoms with Gasteiger partial charge in [-0.2, -0.15) is 0 Å². The minimum atomic E-state index is 0.880. The highest BCUT2D eigenvalue weighted by molar-refractivity contribution is 9.10. The Morgan fingerprint density at radius 2 is 2.31 bits per heavy atom. The lowest BCUT2D eigenvalue weighted by Gasteiger charge is -2.10. The highest BCUT2D eigenvalue weighted by Gasteiger charge is 2.20. The predicted molar refractivity (Wildman–Crippen MR) is 70.1 cm³/mol. The fourth-order valence-corrected chi connectivity index (χ4v) is 2.66. The van der Waals surface area contributed by atoms with Crippen molar-refractivity contribution in [2.75, 3.05) is 6.54 Å². The normalized spacial score (nSPS) is 24.9. The van der Waals surface area contributed by atoms with Crippen molar-refractivity contribution < 1.29 is 0 Å². The van der Waals surface area contributed by atoms with E-state index >= 15 is 0 Å². The van der Waals surface area contributed by atoms with E-state index in [9.17, 15) is 0 Å². The monoisotopic (exact) mass is 282 g/mol. The second kappa shape index (κ2) is 5.78. The summed E-state index contributed by atoms with van der Waals surface area (Å²) in [6, 6.07) is 4.11. The maximum absolute atomic E-state index is 4.35. The van der Waals surface area contributed by atoms with Crippen LogP contribution in [0, 0.1) is 11.8 Å². The lowest BCUT2D eigenvalue weighted by Crippen LogP contribution is -2.21. The molecule has 2 nitrogen and oxygen atoms in total. The van der Waals surface area contributed by atoms with Crippen LogP contribution in [0.1, 0.15) is 31.9 Å². The highest BCUT2D eigenvalue weighted by atomic mass is 79.9. The average molecular weight is 283 g/mol. The van der Waals surface area contributed by atoms with E-state index in [1.54, 1.807) is 0 Å². The summed E-state index contributed by atoms with van der Waals surface area (Å²) in [5.74, 6) is 1.81. The zero-order chi connectivity index (χ0) is 11.4. The van der Waals surface area contributed by atoms with Crippen LogP contribution >= 0.6 is 15.9 Å². The van der Waals surface area contributed by atoms with Crippen molar-refractivity contribution >= 4 is 15.9 Å². The molecule has 16 heavy (non-hydrogen) atoms. The Hall–Kier alpha value is -0.410. The molecule has 1 aliphatic rings. The lowest BCUT2D eigenvalue weighted by atomic mass is 10.1. The van der Waals surface area contributed by atoms with E-state index in [1.807, 2.05) is 12.3 Å². The first-order chi connectivity index (χ1) is 7.74. The molecule has 88 valence electrons. The number of nitrogens with zero attached hydrogens (tertiary/aromatic N) is 1. The van der Waals surface area contributed by atoms with Gasteiger partial charge in [0, 0.05) is 17.2 Å². The Bertz CT molecular complexity index is 323. The molecule has 1 fully saturated rings. The standard InChI is InChI=1S/C13H19BrN2/c1-10-2-3-11(6-10)7-15-9-13-5-4-12(14)8-16-13/h4-5,8,10-11,15H,2-3,6-7,9H2,1H3. The van der Waals surface area contributed by atoms with Crippen LogP contribution in [-0.2, 0) is 6.54 Å². The quantitative estimate of drug-likeness (QED) is 0.916. The number of hydrogen-bond donors (Lipinski definition) is 1. The van der Waals surface area contributed by atoms with Gasteiger partial charge in [0.25, 0.3) is 0 Å². The van der Waals surface area contributed by atoms with Crippen molar-refractivity contribution in [3.8, 4) is 0 Å². The number of nitrogens with one attached hydrogen (secondary N) is 1. The predicted octanol–water partition coefficient (Wildman–Crippen LogP) is 3.37. The minimum absolute atomic E-state index is 0.880. The number of aromatic nitrogens is 1. The summed E-state index contributed by atoms with van der Waals surface area (Å²) in [6.45, 7) is 4.39. The van der Waals surface area contributed by atoms with Gasteiger partial charge in [0.2, 0.25) is 0 Å². The van der Waals surface area contributed by atoms with Gasteiger partial charge in [0.05, 0.1) is 5.69 Å². The highest BCUT2D eigenvalue weighted by Crippen LogP contribution is 2.29. The molecule has 0 radical (unpaired) electrons. The molecule has 0 bridgehead atoms. The third-order valence-corrected chi connectivity index (χ3v) is 3.80. The average Bonchev–Trinajstić information content (AvgIpc) is 2.67. The van der Waals surface area contributed by atoms with Gasteiger partial charge < -0.3 is 5.32 Å². The maximum Gasteiger partial charge on any atom is 0.0542 e. The SMILES string of the molecule is CC1CCC(CNCc2ccc(Br)cn2)C1. The molecule has 2 rings (SSSR count). The van der Waals surface area contributed by atoms with Gasteiger partial charge in [0.15, 0.2) is 0 Å². The maximum atomic E-state index is 4.35. The van der Waals surface area contributed by atoms with Crippen LogP contribution in [0.15, 0.2) is 22.8 Å². The molecule has 1 heterocycles. The van der Waals surface area contributed by atoms with Gasteiger partial charge in [-0.05, 0) is 59.3 Å². The number of pyridine rings is 1. The van der Waals surface area contributed by atoms with Crippen molar-refractivity contribution in [3.63, 3.8) is 0 Å². The molecule has 0 spiro atoms. The second-order valence-corrected chi connectivity index (χ2v) is 5.80. The summed E-state index contributed by atoms with van der Waals surface area (Å²) in [4.78, 5) is 4.35. The molecule has 2 unspecified atom stereocenters. The molecule has 1 aromatic heterocycles. The summed E-state index contributed by atoms with van der Waals surface area (Å²) in [5, 5.41) is 3.51. The van der Waals surface area contributed by atoms with Gasteiger partial charge in [-0.15, -0.1) is 0 Å². The molecule has 1 aliphatic carbocycles. The fourth-order valence-electron chi connectivity index (χ4n) is 2.43. The molecular formula is C13H19BrN2. The summed E-state index contributed by atoms with van der Waals surface area (Å²) in [7, 11) is 0. The molecule has 1 N–H and O–H groups in total. The van der Waals surface area contributed by atoms with Crippen molar-refractivity contribution in [2.24, 2.45) is 11.8 Å². The Morgan fingerprint density at radius 3 is 2.94 bits per heavy atom. The van der Waals surface area contributed by atoms with Gasteiger partial charge in [-0.25, -0.2) is 0 Å². The van der Waals surface area contributed by atoms with Crippen LogP contribution in [0.4, 0.5) is 0 Å². The molecule has 3 heteroatoms. The Balaban J connectivity index is 1.70. The third-order valence-electron chi connectivity index (χ3n) is 3.33. The molecule has 0 aliphatic heterocycles. The van der Waals surface area contributed by atoms with Crippen molar-refractivity contribution in [2.45, 2.75) is 32.7 Å². The second-order valence-electron chi connectivity index (χ2n) is 4.88. The topological polar surface area (TPSA) is 24.9 Å². The largest absolute Gasteiger partial charge is 0.311 e. The van der Waals surface area contributed by atoms with E-state index in [-0.39, 0.29) is 0 Å². The Labute approximate surface area is 106 Å². The Kier molecular flexibility index (Phi) is 4.36. The number of hydrogen-bond acceptors (Lipinski definition) is 2. The minimum Gasteiger partial charge on any atom is -0.311 e. The van der Waals surface area contributed by atoms with E-state index < -0.39 is 0 Å². The third kappa shape index (κ3) is 3.56.